The van der Waals surface area contributed by atoms with Gasteiger partial charge in [-0.15, -0.1) is 0 Å². The normalized spacial score (nSPS) is 10.8. The number of halogens is 1. The average Bonchev–Trinajstić information content (AvgIpc) is 2.75. The van der Waals surface area contributed by atoms with Gasteiger partial charge >= 0.3 is 5.69 Å². The number of nitro groups is 2. The van der Waals surface area contributed by atoms with Crippen molar-refractivity contribution < 1.29 is 19.3 Å². The topological polar surface area (TPSA) is 117 Å². The smallest absolute Gasteiger partial charge is 0.318 e. The molecule has 0 aliphatic heterocycles. The molecule has 0 atom stereocenters. The van der Waals surface area contributed by atoms with Gasteiger partial charge in [-0.05, 0) is 65.2 Å². The Kier molecular flexibility index (Phi) is 7.16. The van der Waals surface area contributed by atoms with Crippen molar-refractivity contribution in [2.45, 2.75) is 13.8 Å². The van der Waals surface area contributed by atoms with E-state index in [9.17, 15) is 20.2 Å². The summed E-state index contributed by atoms with van der Waals surface area (Å²) in [5.74, 6) is 0.390. The second-order valence-corrected chi connectivity index (χ2v) is 7.43. The molecule has 3 aromatic rings. The van der Waals surface area contributed by atoms with Crippen molar-refractivity contribution in [1.29, 1.82) is 0 Å². The van der Waals surface area contributed by atoms with Gasteiger partial charge in [-0.1, -0.05) is 18.2 Å². The highest BCUT2D eigenvalue weighted by Crippen LogP contribution is 2.42. The predicted octanol–water partition coefficient (Wildman–Crippen LogP) is 6.52. The lowest BCUT2D eigenvalue weighted by Crippen LogP contribution is -2.00. The summed E-state index contributed by atoms with van der Waals surface area (Å²) >= 11 is 3.42. The number of ether oxygens (including phenoxy) is 2. The van der Waals surface area contributed by atoms with E-state index in [2.05, 4.69) is 20.9 Å². The largest absolute Gasteiger partial charge is 0.490 e. The zero-order chi connectivity index (χ0) is 23.3. The number of para-hydroxylation sites is 1. The van der Waals surface area contributed by atoms with Crippen LogP contribution in [0.4, 0.5) is 17.1 Å². The molecule has 0 saturated carbocycles. The van der Waals surface area contributed by atoms with Crippen LogP contribution in [0.25, 0.3) is 0 Å². The minimum Gasteiger partial charge on any atom is -0.490 e. The van der Waals surface area contributed by atoms with Gasteiger partial charge in [-0.2, -0.15) is 0 Å². The van der Waals surface area contributed by atoms with E-state index in [1.54, 1.807) is 25.3 Å². The highest BCUT2D eigenvalue weighted by molar-refractivity contribution is 9.10. The molecule has 164 valence electrons. The van der Waals surface area contributed by atoms with Crippen molar-refractivity contribution in [1.82, 2.24) is 0 Å². The lowest BCUT2D eigenvalue weighted by atomic mass is 10.2. The molecule has 0 radical (unpaired) electrons. The van der Waals surface area contributed by atoms with E-state index in [0.717, 1.165) is 23.4 Å². The third kappa shape index (κ3) is 5.27. The van der Waals surface area contributed by atoms with E-state index in [1.165, 1.54) is 6.07 Å². The fourth-order valence-corrected chi connectivity index (χ4v) is 3.38. The Bertz CT molecular complexity index is 1210. The highest BCUT2D eigenvalue weighted by atomic mass is 79.9. The first-order valence-electron chi connectivity index (χ1n) is 9.47. The van der Waals surface area contributed by atoms with Gasteiger partial charge in [0.1, 0.15) is 0 Å². The Labute approximate surface area is 191 Å². The number of aliphatic imine (C=N–C) groups is 1. The Morgan fingerprint density at radius 3 is 2.44 bits per heavy atom. The Morgan fingerprint density at radius 2 is 1.78 bits per heavy atom. The predicted molar refractivity (Wildman–Crippen MR) is 124 cm³/mol. The molecule has 0 fully saturated rings. The van der Waals surface area contributed by atoms with Crippen LogP contribution in [-0.2, 0) is 0 Å². The maximum atomic E-state index is 11.4. The summed E-state index contributed by atoms with van der Waals surface area (Å²) in [5, 5.41) is 22.4. The number of non-ortho nitro benzene ring substituents is 1. The van der Waals surface area contributed by atoms with Gasteiger partial charge in [0, 0.05) is 12.3 Å². The summed E-state index contributed by atoms with van der Waals surface area (Å²) in [4.78, 5) is 25.4. The van der Waals surface area contributed by atoms with E-state index in [1.807, 2.05) is 31.2 Å². The lowest BCUT2D eigenvalue weighted by molar-refractivity contribution is -0.394. The third-order valence-electron chi connectivity index (χ3n) is 4.36. The van der Waals surface area contributed by atoms with E-state index < -0.39 is 21.2 Å². The minimum absolute atomic E-state index is 0.149. The summed E-state index contributed by atoms with van der Waals surface area (Å²) in [6.45, 7) is 4.08. The molecular formula is C22H18BrN3O6. The first-order valence-corrected chi connectivity index (χ1v) is 10.3. The molecule has 0 amide bonds. The summed E-state index contributed by atoms with van der Waals surface area (Å²) < 4.78 is 11.9. The van der Waals surface area contributed by atoms with Crippen LogP contribution in [0.15, 0.2) is 64.1 Å². The van der Waals surface area contributed by atoms with E-state index in [-0.39, 0.29) is 11.5 Å². The number of aryl methyl sites for hydroxylation is 1. The molecule has 0 aliphatic carbocycles. The lowest BCUT2D eigenvalue weighted by Gasteiger charge is -2.14. The van der Waals surface area contributed by atoms with Crippen LogP contribution < -0.4 is 9.47 Å². The molecule has 32 heavy (non-hydrogen) atoms. The van der Waals surface area contributed by atoms with Crippen LogP contribution in [-0.4, -0.2) is 22.7 Å². The zero-order valence-corrected chi connectivity index (χ0v) is 18.7. The molecule has 3 aromatic carbocycles. The number of hydrogen-bond acceptors (Lipinski definition) is 7. The second kappa shape index (κ2) is 10.0. The van der Waals surface area contributed by atoms with Crippen molar-refractivity contribution in [3.8, 4) is 17.2 Å². The molecule has 9 nitrogen and oxygen atoms in total. The molecule has 3 rings (SSSR count). The van der Waals surface area contributed by atoms with Crippen LogP contribution in [0.2, 0.25) is 0 Å². The first kappa shape index (κ1) is 22.9. The van der Waals surface area contributed by atoms with E-state index in [0.29, 0.717) is 22.4 Å². The van der Waals surface area contributed by atoms with Gasteiger partial charge in [0.2, 0.25) is 5.75 Å². The molecule has 0 aliphatic rings. The number of nitrogens with zero attached hydrogens (tertiary/aromatic N) is 3. The van der Waals surface area contributed by atoms with E-state index in [4.69, 9.17) is 9.47 Å². The summed E-state index contributed by atoms with van der Waals surface area (Å²) in [6.07, 6.45) is 1.67. The van der Waals surface area contributed by atoms with Crippen molar-refractivity contribution in [3.63, 3.8) is 0 Å². The number of rotatable bonds is 8. The van der Waals surface area contributed by atoms with Crippen LogP contribution in [0.5, 0.6) is 17.2 Å². The molecule has 0 spiro atoms. The number of hydrogen-bond donors (Lipinski definition) is 0. The second-order valence-electron chi connectivity index (χ2n) is 6.58. The van der Waals surface area contributed by atoms with E-state index >= 15 is 0 Å². The number of nitro benzene ring substituents is 2. The zero-order valence-electron chi connectivity index (χ0n) is 17.1. The van der Waals surface area contributed by atoms with Crippen LogP contribution in [0.1, 0.15) is 18.1 Å². The number of benzene rings is 3. The van der Waals surface area contributed by atoms with Gasteiger partial charge in [0.25, 0.3) is 5.69 Å². The molecule has 0 bridgehead atoms. The van der Waals surface area contributed by atoms with Crippen molar-refractivity contribution in [3.05, 3.63) is 90.4 Å². The third-order valence-corrected chi connectivity index (χ3v) is 4.95. The van der Waals surface area contributed by atoms with Crippen LogP contribution in [0, 0.1) is 27.2 Å². The standard InChI is InChI=1S/C22H18BrN3O6/c1-3-31-21-11-15(13-24-18-7-5-4-6-14(18)2)10-17(23)22(21)32-20-9-8-16(25(27)28)12-19(20)26(29)30/h4-13H,3H2,1-2H3. The van der Waals surface area contributed by atoms with Gasteiger partial charge in [-0.3, -0.25) is 25.2 Å². The first-order chi connectivity index (χ1) is 15.3. The fourth-order valence-electron chi connectivity index (χ4n) is 2.84. The summed E-state index contributed by atoms with van der Waals surface area (Å²) in [6, 6.07) is 14.3. The molecule has 0 heterocycles. The van der Waals surface area contributed by atoms with Gasteiger partial charge in [0.05, 0.1) is 32.7 Å². The Morgan fingerprint density at radius 1 is 1.03 bits per heavy atom. The highest BCUT2D eigenvalue weighted by Gasteiger charge is 2.23. The van der Waals surface area contributed by atoms with Crippen molar-refractivity contribution in [2.75, 3.05) is 6.61 Å². The van der Waals surface area contributed by atoms with Crippen LogP contribution >= 0.6 is 15.9 Å². The van der Waals surface area contributed by atoms with Crippen molar-refractivity contribution in [2.24, 2.45) is 4.99 Å². The minimum atomic E-state index is -0.736. The van der Waals surface area contributed by atoms with Gasteiger partial charge in [-0.25, -0.2) is 0 Å². The van der Waals surface area contributed by atoms with Crippen LogP contribution in [0.3, 0.4) is 0 Å². The maximum absolute atomic E-state index is 11.4. The SMILES string of the molecule is CCOc1cc(C=Nc2ccccc2C)cc(Br)c1Oc1ccc([N+](=O)[O-])cc1[N+](=O)[O-]. The maximum Gasteiger partial charge on any atom is 0.318 e. The summed E-state index contributed by atoms with van der Waals surface area (Å²) in [5.41, 5.74) is 1.63. The molecule has 10 heteroatoms. The molecule has 0 saturated heterocycles. The quantitative estimate of drug-likeness (QED) is 0.198. The molecular weight excluding hydrogens is 482 g/mol. The van der Waals surface area contributed by atoms with Gasteiger partial charge in [0.15, 0.2) is 11.5 Å². The fraction of sp³-hybridized carbons (Fsp3) is 0.136. The Hall–Kier alpha value is -3.79. The monoisotopic (exact) mass is 499 g/mol. The molecule has 0 unspecified atom stereocenters. The summed E-state index contributed by atoms with van der Waals surface area (Å²) in [7, 11) is 0. The van der Waals surface area contributed by atoms with Gasteiger partial charge < -0.3 is 9.47 Å². The average molecular weight is 500 g/mol. The van der Waals surface area contributed by atoms with Crippen molar-refractivity contribution >= 4 is 39.2 Å². The Balaban J connectivity index is 2.00. The molecule has 0 aromatic heterocycles. The molecule has 0 N–H and O–H groups in total.